The van der Waals surface area contributed by atoms with Crippen LogP contribution in [-0.2, 0) is 22.6 Å². The maximum atomic E-state index is 13.6. The molecule has 6 heteroatoms. The molecule has 0 radical (unpaired) electrons. The van der Waals surface area contributed by atoms with Crippen LogP contribution in [0.3, 0.4) is 0 Å². The highest BCUT2D eigenvalue weighted by atomic mass is 16.5. The predicted molar refractivity (Wildman–Crippen MR) is 99.9 cm³/mol. The summed E-state index contributed by atoms with van der Waals surface area (Å²) in [6.07, 6.45) is 9.48. The van der Waals surface area contributed by atoms with E-state index in [1.807, 2.05) is 6.20 Å². The molecule has 4 saturated carbocycles. The summed E-state index contributed by atoms with van der Waals surface area (Å²) >= 11 is 0. The first-order valence-electron chi connectivity index (χ1n) is 10.7. The molecule has 1 saturated heterocycles. The lowest BCUT2D eigenvalue weighted by Crippen LogP contribution is -2.53. The summed E-state index contributed by atoms with van der Waals surface area (Å²) < 4.78 is 5.43. The first-order chi connectivity index (χ1) is 13.2. The summed E-state index contributed by atoms with van der Waals surface area (Å²) in [5, 5.41) is 0. The van der Waals surface area contributed by atoms with Crippen LogP contribution in [0.15, 0.2) is 6.20 Å². The van der Waals surface area contributed by atoms with E-state index in [0.717, 1.165) is 80.5 Å². The van der Waals surface area contributed by atoms with E-state index in [1.165, 1.54) is 19.3 Å². The zero-order valence-electron chi connectivity index (χ0n) is 15.9. The third-order valence-electron chi connectivity index (χ3n) is 7.72. The van der Waals surface area contributed by atoms with Crippen molar-refractivity contribution in [3.63, 3.8) is 0 Å². The highest BCUT2D eigenvalue weighted by molar-refractivity contribution is 5.83. The van der Waals surface area contributed by atoms with Crippen LogP contribution in [0.5, 0.6) is 0 Å². The van der Waals surface area contributed by atoms with Crippen LogP contribution < -0.4 is 4.90 Å². The van der Waals surface area contributed by atoms with Crippen molar-refractivity contribution in [1.82, 2.24) is 14.9 Å². The van der Waals surface area contributed by atoms with Crippen LogP contribution in [0, 0.1) is 23.2 Å². The van der Waals surface area contributed by atoms with Gasteiger partial charge >= 0.3 is 0 Å². The third kappa shape index (κ3) is 2.59. The number of hydrogen-bond donors (Lipinski definition) is 0. The lowest BCUT2D eigenvalue weighted by Gasteiger charge is -2.56. The van der Waals surface area contributed by atoms with Gasteiger partial charge in [-0.3, -0.25) is 4.79 Å². The molecule has 0 aromatic carbocycles. The molecule has 0 atom stereocenters. The van der Waals surface area contributed by atoms with Crippen LogP contribution >= 0.6 is 0 Å². The Hall–Kier alpha value is -1.69. The molecule has 1 aromatic rings. The number of anilines is 1. The first-order valence-corrected chi connectivity index (χ1v) is 10.7. The Morgan fingerprint density at radius 1 is 1.04 bits per heavy atom. The highest BCUT2D eigenvalue weighted by Crippen LogP contribution is 2.60. The van der Waals surface area contributed by atoms with Crippen LogP contribution in [0.4, 0.5) is 5.95 Å². The quantitative estimate of drug-likeness (QED) is 0.802. The molecular weight excluding hydrogens is 340 g/mol. The van der Waals surface area contributed by atoms with Crippen molar-refractivity contribution in [2.24, 2.45) is 23.2 Å². The second-order valence-corrected chi connectivity index (χ2v) is 9.60. The number of carbonyl (C=O) groups excluding carboxylic acids is 1. The number of morpholine rings is 1. The van der Waals surface area contributed by atoms with Gasteiger partial charge in [0, 0.05) is 31.4 Å². The Morgan fingerprint density at radius 3 is 2.37 bits per heavy atom. The van der Waals surface area contributed by atoms with Gasteiger partial charge in [0.25, 0.3) is 0 Å². The zero-order chi connectivity index (χ0) is 18.0. The fourth-order valence-corrected chi connectivity index (χ4v) is 6.91. The van der Waals surface area contributed by atoms with Crippen molar-refractivity contribution in [3.05, 3.63) is 17.5 Å². The van der Waals surface area contributed by atoms with Crippen molar-refractivity contribution in [2.75, 3.05) is 31.2 Å². The van der Waals surface area contributed by atoms with Gasteiger partial charge < -0.3 is 14.5 Å². The van der Waals surface area contributed by atoms with E-state index >= 15 is 0 Å². The number of aromatic nitrogens is 2. The van der Waals surface area contributed by atoms with Crippen molar-refractivity contribution in [3.8, 4) is 0 Å². The lowest BCUT2D eigenvalue weighted by molar-refractivity contribution is -0.158. The first kappa shape index (κ1) is 16.3. The molecule has 0 unspecified atom stereocenters. The summed E-state index contributed by atoms with van der Waals surface area (Å²) in [4.78, 5) is 27.3. The largest absolute Gasteiger partial charge is 0.378 e. The van der Waals surface area contributed by atoms with E-state index < -0.39 is 0 Å². The van der Waals surface area contributed by atoms with Crippen LogP contribution in [-0.4, -0.2) is 47.1 Å². The Bertz CT molecular complexity index is 738. The summed E-state index contributed by atoms with van der Waals surface area (Å²) in [6.45, 7) is 4.51. The SMILES string of the molecule is O=C(N1Cc2cnc(N3CCOCC3)nc2C1)C12CC3CC(CC(C3)C1)C2. The maximum absolute atomic E-state index is 13.6. The average molecular weight is 368 g/mol. The second-order valence-electron chi connectivity index (χ2n) is 9.60. The van der Waals surface area contributed by atoms with E-state index in [1.54, 1.807) is 0 Å². The van der Waals surface area contributed by atoms with Gasteiger partial charge in [0.2, 0.25) is 11.9 Å². The van der Waals surface area contributed by atoms with Crippen molar-refractivity contribution >= 4 is 11.9 Å². The molecule has 4 aliphatic carbocycles. The molecule has 144 valence electrons. The van der Waals surface area contributed by atoms with Crippen molar-refractivity contribution < 1.29 is 9.53 Å². The molecule has 6 nitrogen and oxygen atoms in total. The van der Waals surface area contributed by atoms with Gasteiger partial charge in [0.1, 0.15) is 0 Å². The summed E-state index contributed by atoms with van der Waals surface area (Å²) in [5.41, 5.74) is 2.12. The molecule has 6 aliphatic rings. The standard InChI is InChI=1S/C21H28N4O2/c26-19(21-8-14-5-15(9-21)7-16(6-14)10-21)25-12-17-11-22-20(23-18(17)13-25)24-1-3-27-4-2-24/h11,14-16H,1-10,12-13H2. The fraction of sp³-hybridized carbons (Fsp3) is 0.762. The molecule has 3 heterocycles. The molecular formula is C21H28N4O2. The minimum absolute atomic E-state index is 0.0583. The molecule has 1 aromatic heterocycles. The number of nitrogens with zero attached hydrogens (tertiary/aromatic N) is 4. The van der Waals surface area contributed by atoms with Gasteiger partial charge in [0.15, 0.2) is 0 Å². The van der Waals surface area contributed by atoms with Crippen LogP contribution in [0.2, 0.25) is 0 Å². The summed E-state index contributed by atoms with van der Waals surface area (Å²) in [6, 6.07) is 0. The van der Waals surface area contributed by atoms with E-state index in [4.69, 9.17) is 9.72 Å². The fourth-order valence-electron chi connectivity index (χ4n) is 6.91. The number of amides is 1. The second kappa shape index (κ2) is 5.90. The smallest absolute Gasteiger partial charge is 0.229 e. The highest BCUT2D eigenvalue weighted by Gasteiger charge is 2.56. The zero-order valence-corrected chi connectivity index (χ0v) is 15.9. The monoisotopic (exact) mass is 368 g/mol. The van der Waals surface area contributed by atoms with E-state index in [-0.39, 0.29) is 5.41 Å². The molecule has 5 fully saturated rings. The molecule has 7 rings (SSSR count). The van der Waals surface area contributed by atoms with Gasteiger partial charge in [0.05, 0.1) is 30.9 Å². The van der Waals surface area contributed by atoms with E-state index in [2.05, 4.69) is 14.8 Å². The van der Waals surface area contributed by atoms with Crippen LogP contribution in [0.25, 0.3) is 0 Å². The lowest BCUT2D eigenvalue weighted by atomic mass is 9.49. The van der Waals surface area contributed by atoms with Gasteiger partial charge in [-0.15, -0.1) is 0 Å². The third-order valence-corrected chi connectivity index (χ3v) is 7.72. The molecule has 1 amide bonds. The van der Waals surface area contributed by atoms with Gasteiger partial charge in [-0.2, -0.15) is 0 Å². The molecule has 2 aliphatic heterocycles. The van der Waals surface area contributed by atoms with Crippen molar-refractivity contribution in [2.45, 2.75) is 51.6 Å². The molecule has 0 N–H and O–H groups in total. The van der Waals surface area contributed by atoms with Gasteiger partial charge in [-0.25, -0.2) is 9.97 Å². The minimum Gasteiger partial charge on any atom is -0.378 e. The Kier molecular flexibility index (Phi) is 3.56. The number of carbonyl (C=O) groups is 1. The normalized spacial score (nSPS) is 37.0. The van der Waals surface area contributed by atoms with Gasteiger partial charge in [-0.1, -0.05) is 0 Å². The van der Waals surface area contributed by atoms with Crippen LogP contribution in [0.1, 0.15) is 49.8 Å². The Balaban J connectivity index is 1.22. The minimum atomic E-state index is -0.0583. The Morgan fingerprint density at radius 2 is 1.70 bits per heavy atom. The average Bonchev–Trinajstić information content (AvgIpc) is 3.10. The maximum Gasteiger partial charge on any atom is 0.229 e. The summed E-state index contributed by atoms with van der Waals surface area (Å²) in [5.74, 6) is 3.61. The number of rotatable bonds is 2. The number of fused-ring (bicyclic) bond motifs is 1. The van der Waals surface area contributed by atoms with Gasteiger partial charge in [-0.05, 0) is 56.3 Å². The molecule has 27 heavy (non-hydrogen) atoms. The van der Waals surface area contributed by atoms with Crippen molar-refractivity contribution in [1.29, 1.82) is 0 Å². The molecule has 0 spiro atoms. The Labute approximate surface area is 160 Å². The number of hydrogen-bond acceptors (Lipinski definition) is 5. The number of ether oxygens (including phenoxy) is 1. The van der Waals surface area contributed by atoms with E-state index in [9.17, 15) is 4.79 Å². The van der Waals surface area contributed by atoms with E-state index in [0.29, 0.717) is 19.0 Å². The molecule has 4 bridgehead atoms. The topological polar surface area (TPSA) is 58.6 Å². The summed E-state index contributed by atoms with van der Waals surface area (Å²) in [7, 11) is 0. The predicted octanol–water partition coefficient (Wildman–Crippen LogP) is 2.37.